The van der Waals surface area contributed by atoms with Crippen molar-refractivity contribution in [2.45, 2.75) is 12.8 Å². The van der Waals surface area contributed by atoms with Crippen LogP contribution in [-0.4, -0.2) is 31.8 Å². The predicted octanol–water partition coefficient (Wildman–Crippen LogP) is 2.19. The number of para-hydroxylation sites is 1. The molecule has 1 heterocycles. The molecule has 0 atom stereocenters. The van der Waals surface area contributed by atoms with Gasteiger partial charge in [-0.1, -0.05) is 30.4 Å². The highest BCUT2D eigenvalue weighted by Crippen LogP contribution is 2.25. The van der Waals surface area contributed by atoms with Crippen molar-refractivity contribution in [1.29, 1.82) is 0 Å². The highest BCUT2D eigenvalue weighted by molar-refractivity contribution is 7.85. The van der Waals surface area contributed by atoms with Crippen molar-refractivity contribution in [2.75, 3.05) is 23.7 Å². The molecule has 4 nitrogen and oxygen atoms in total. The van der Waals surface area contributed by atoms with Crippen LogP contribution in [0, 0.1) is 0 Å². The van der Waals surface area contributed by atoms with Gasteiger partial charge in [-0.2, -0.15) is 8.42 Å². The summed E-state index contributed by atoms with van der Waals surface area (Å²) < 4.78 is 29.9. The molecule has 0 saturated heterocycles. The third-order valence-corrected chi connectivity index (χ3v) is 3.79. The molecule has 0 radical (unpaired) electrons. The van der Waals surface area contributed by atoms with Crippen molar-refractivity contribution >= 4 is 21.9 Å². The lowest BCUT2D eigenvalue weighted by atomic mass is 10.1. The molecule has 0 fully saturated rings. The number of unbranched alkanes of at least 4 members (excludes halogenated alkanes) is 1. The molecule has 1 aromatic rings. The van der Waals surface area contributed by atoms with Gasteiger partial charge >= 0.3 is 0 Å². The van der Waals surface area contributed by atoms with Crippen molar-refractivity contribution in [2.24, 2.45) is 0 Å². The van der Waals surface area contributed by atoms with E-state index in [0.29, 0.717) is 6.42 Å². The molecule has 0 amide bonds. The van der Waals surface area contributed by atoms with Crippen LogP contribution in [-0.2, 0) is 10.1 Å². The first-order chi connectivity index (χ1) is 8.56. The summed E-state index contributed by atoms with van der Waals surface area (Å²) in [6.45, 7) is 1.65. The fraction of sp³-hybridized carbons (Fsp3) is 0.385. The number of hydrogen-bond donors (Lipinski definition) is 1. The Bertz CT molecular complexity index is 537. The number of anilines is 1. The van der Waals surface area contributed by atoms with Gasteiger partial charge in [0.1, 0.15) is 0 Å². The molecule has 1 aliphatic heterocycles. The summed E-state index contributed by atoms with van der Waals surface area (Å²) in [5.74, 6) is -0.154. The Labute approximate surface area is 108 Å². The maximum Gasteiger partial charge on any atom is 0.264 e. The first-order valence-corrected chi connectivity index (χ1v) is 7.63. The number of hydrogen-bond acceptors (Lipinski definition) is 3. The maximum atomic E-state index is 10.6. The van der Waals surface area contributed by atoms with Crippen LogP contribution in [0.1, 0.15) is 18.4 Å². The van der Waals surface area contributed by atoms with E-state index in [9.17, 15) is 8.42 Å². The van der Waals surface area contributed by atoms with E-state index in [4.69, 9.17) is 4.55 Å². The summed E-state index contributed by atoms with van der Waals surface area (Å²) in [5, 5.41) is 0. The standard InChI is InChI=1S/C13H17NO3S/c15-18(16,17)11-4-3-9-14-10-5-7-12-6-1-2-8-13(12)14/h1-2,5-8H,3-4,9-11H2,(H,15,16,17). The number of benzene rings is 1. The minimum atomic E-state index is -3.82. The molecule has 0 unspecified atom stereocenters. The van der Waals surface area contributed by atoms with E-state index in [1.165, 1.54) is 11.3 Å². The molecule has 0 aromatic heterocycles. The van der Waals surface area contributed by atoms with E-state index in [2.05, 4.69) is 29.2 Å². The van der Waals surface area contributed by atoms with Crippen molar-refractivity contribution in [3.63, 3.8) is 0 Å². The monoisotopic (exact) mass is 267 g/mol. The van der Waals surface area contributed by atoms with Crippen LogP contribution in [0.3, 0.4) is 0 Å². The largest absolute Gasteiger partial charge is 0.367 e. The zero-order valence-corrected chi connectivity index (χ0v) is 10.9. The van der Waals surface area contributed by atoms with Crippen molar-refractivity contribution < 1.29 is 13.0 Å². The van der Waals surface area contributed by atoms with E-state index in [1.54, 1.807) is 0 Å². The van der Waals surface area contributed by atoms with Gasteiger partial charge in [0.25, 0.3) is 10.1 Å². The van der Waals surface area contributed by atoms with Crippen LogP contribution in [0.2, 0.25) is 0 Å². The minimum absolute atomic E-state index is 0.154. The van der Waals surface area contributed by atoms with E-state index in [1.807, 2.05) is 12.1 Å². The Balaban J connectivity index is 1.90. The van der Waals surface area contributed by atoms with Gasteiger partial charge in [-0.25, -0.2) is 0 Å². The third-order valence-electron chi connectivity index (χ3n) is 2.98. The van der Waals surface area contributed by atoms with Gasteiger partial charge in [-0.05, 0) is 24.5 Å². The summed E-state index contributed by atoms with van der Waals surface area (Å²) >= 11 is 0. The lowest BCUT2D eigenvalue weighted by Crippen LogP contribution is -2.27. The lowest BCUT2D eigenvalue weighted by molar-refractivity contribution is 0.480. The van der Waals surface area contributed by atoms with E-state index < -0.39 is 10.1 Å². The first-order valence-electron chi connectivity index (χ1n) is 6.02. The van der Waals surface area contributed by atoms with Gasteiger partial charge in [0.15, 0.2) is 0 Å². The maximum absolute atomic E-state index is 10.6. The van der Waals surface area contributed by atoms with Crippen molar-refractivity contribution in [3.8, 4) is 0 Å². The molecule has 1 aliphatic rings. The number of fused-ring (bicyclic) bond motifs is 1. The van der Waals surface area contributed by atoms with Crippen molar-refractivity contribution in [3.05, 3.63) is 35.9 Å². The van der Waals surface area contributed by atoms with Crippen LogP contribution < -0.4 is 4.90 Å². The van der Waals surface area contributed by atoms with Crippen LogP contribution in [0.15, 0.2) is 30.3 Å². The van der Waals surface area contributed by atoms with E-state index >= 15 is 0 Å². The van der Waals surface area contributed by atoms with E-state index in [-0.39, 0.29) is 5.75 Å². The molecule has 0 saturated carbocycles. The minimum Gasteiger partial charge on any atom is -0.367 e. The van der Waals surface area contributed by atoms with Crippen molar-refractivity contribution in [1.82, 2.24) is 0 Å². The fourth-order valence-electron chi connectivity index (χ4n) is 2.12. The van der Waals surface area contributed by atoms with Gasteiger partial charge in [-0.3, -0.25) is 4.55 Å². The zero-order valence-electron chi connectivity index (χ0n) is 10.1. The summed E-state index contributed by atoms with van der Waals surface area (Å²) in [6.07, 6.45) is 5.44. The molecule has 1 aromatic carbocycles. The third kappa shape index (κ3) is 3.58. The lowest BCUT2D eigenvalue weighted by Gasteiger charge is -2.28. The molecule has 1 N–H and O–H groups in total. The molecule has 2 rings (SSSR count). The van der Waals surface area contributed by atoms with Gasteiger partial charge in [0.05, 0.1) is 5.75 Å². The number of nitrogens with zero attached hydrogens (tertiary/aromatic N) is 1. The normalized spacial score (nSPS) is 14.6. The second-order valence-corrected chi connectivity index (χ2v) is 5.97. The smallest absolute Gasteiger partial charge is 0.264 e. The van der Waals surface area contributed by atoms with Crippen LogP contribution in [0.4, 0.5) is 5.69 Å². The van der Waals surface area contributed by atoms with Gasteiger partial charge in [0.2, 0.25) is 0 Å². The predicted molar refractivity (Wildman–Crippen MR) is 73.3 cm³/mol. The summed E-state index contributed by atoms with van der Waals surface area (Å²) in [6, 6.07) is 8.14. The molecule has 98 valence electrons. The van der Waals surface area contributed by atoms with Gasteiger partial charge in [-0.15, -0.1) is 0 Å². The Kier molecular flexibility index (Phi) is 4.04. The highest BCUT2D eigenvalue weighted by atomic mass is 32.2. The molecule has 0 bridgehead atoms. The van der Waals surface area contributed by atoms with Crippen LogP contribution in [0.25, 0.3) is 6.08 Å². The highest BCUT2D eigenvalue weighted by Gasteiger charge is 2.12. The Morgan fingerprint density at radius 3 is 2.78 bits per heavy atom. The summed E-state index contributed by atoms with van der Waals surface area (Å²) in [4.78, 5) is 2.22. The average Bonchev–Trinajstić information content (AvgIpc) is 2.33. The molecule has 18 heavy (non-hydrogen) atoms. The Hall–Kier alpha value is -1.33. The SMILES string of the molecule is O=S(=O)(O)CCCCN1CC=Cc2ccccc21. The van der Waals surface area contributed by atoms with Crippen LogP contribution >= 0.6 is 0 Å². The fourth-order valence-corrected chi connectivity index (χ4v) is 2.69. The average molecular weight is 267 g/mol. The van der Waals surface area contributed by atoms with Gasteiger partial charge < -0.3 is 4.90 Å². The molecular formula is C13H17NO3S. The summed E-state index contributed by atoms with van der Waals surface area (Å²) in [5.41, 5.74) is 2.38. The van der Waals surface area contributed by atoms with Gasteiger partial charge in [0, 0.05) is 18.8 Å². The molecular weight excluding hydrogens is 250 g/mol. The number of rotatable bonds is 5. The molecule has 5 heteroatoms. The van der Waals surface area contributed by atoms with E-state index in [0.717, 1.165) is 19.5 Å². The Morgan fingerprint density at radius 1 is 1.22 bits per heavy atom. The summed E-state index contributed by atoms with van der Waals surface area (Å²) in [7, 11) is -3.82. The second kappa shape index (κ2) is 5.54. The quantitative estimate of drug-likeness (QED) is 0.656. The second-order valence-electron chi connectivity index (χ2n) is 4.40. The zero-order chi connectivity index (χ0) is 13.0. The topological polar surface area (TPSA) is 57.6 Å². The molecule has 0 spiro atoms. The molecule has 0 aliphatic carbocycles. The first kappa shape index (κ1) is 13.1. The van der Waals surface area contributed by atoms with Crippen LogP contribution in [0.5, 0.6) is 0 Å². The Morgan fingerprint density at radius 2 is 2.00 bits per heavy atom.